The molecule has 1 aromatic carbocycles. The molecule has 0 saturated carbocycles. The van der Waals surface area contributed by atoms with Gasteiger partial charge in [-0.25, -0.2) is 4.98 Å². The fourth-order valence-corrected chi connectivity index (χ4v) is 3.05. The predicted molar refractivity (Wildman–Crippen MR) is 86.0 cm³/mol. The molecular formula is C15H20N4S. The quantitative estimate of drug-likeness (QED) is 0.792. The number of piperidine rings is 1. The summed E-state index contributed by atoms with van der Waals surface area (Å²) in [5, 5.41) is 3.90. The molecule has 1 saturated heterocycles. The average Bonchev–Trinajstić information content (AvgIpc) is 2.89. The van der Waals surface area contributed by atoms with Crippen LogP contribution < -0.4 is 5.32 Å². The number of aryl methyl sites for hydroxylation is 1. The number of thiocarbonyl (C=S) groups is 1. The Kier molecular flexibility index (Phi) is 3.61. The Labute approximate surface area is 124 Å². The molecule has 4 nitrogen and oxygen atoms in total. The second-order valence-electron chi connectivity index (χ2n) is 5.48. The van der Waals surface area contributed by atoms with Crippen LogP contribution >= 0.6 is 12.2 Å². The van der Waals surface area contributed by atoms with Crippen LogP contribution in [0.3, 0.4) is 0 Å². The second-order valence-corrected chi connectivity index (χ2v) is 5.87. The van der Waals surface area contributed by atoms with E-state index in [4.69, 9.17) is 17.2 Å². The second kappa shape index (κ2) is 5.40. The van der Waals surface area contributed by atoms with Crippen LogP contribution in [0.5, 0.6) is 0 Å². The van der Waals surface area contributed by atoms with E-state index in [9.17, 15) is 0 Å². The molecule has 5 heteroatoms. The Hall–Kier alpha value is -1.62. The highest BCUT2D eigenvalue weighted by molar-refractivity contribution is 7.80. The van der Waals surface area contributed by atoms with Gasteiger partial charge in [-0.15, -0.1) is 0 Å². The van der Waals surface area contributed by atoms with E-state index < -0.39 is 0 Å². The van der Waals surface area contributed by atoms with Crippen molar-refractivity contribution in [3.05, 3.63) is 29.6 Å². The minimum atomic E-state index is 0.433. The van der Waals surface area contributed by atoms with Crippen LogP contribution in [0.4, 0.5) is 0 Å². The fraction of sp³-hybridized carbons (Fsp3) is 0.467. The highest BCUT2D eigenvalue weighted by Crippen LogP contribution is 2.27. The Morgan fingerprint density at radius 2 is 2.35 bits per heavy atom. The molecule has 2 aromatic rings. The first kappa shape index (κ1) is 13.4. The molecule has 0 spiro atoms. The largest absolute Gasteiger partial charge is 0.366 e. The zero-order valence-electron chi connectivity index (χ0n) is 11.9. The Balaban J connectivity index is 1.84. The van der Waals surface area contributed by atoms with E-state index in [1.54, 1.807) is 0 Å². The zero-order valence-corrected chi connectivity index (χ0v) is 12.8. The monoisotopic (exact) mass is 288 g/mol. The molecule has 1 aliphatic rings. The number of aromatic nitrogens is 2. The van der Waals surface area contributed by atoms with E-state index in [0.717, 1.165) is 41.5 Å². The molecule has 0 bridgehead atoms. The van der Waals surface area contributed by atoms with Gasteiger partial charge in [-0.2, -0.15) is 0 Å². The van der Waals surface area contributed by atoms with Gasteiger partial charge in [0, 0.05) is 26.1 Å². The van der Waals surface area contributed by atoms with Crippen molar-refractivity contribution in [1.82, 2.24) is 20.2 Å². The Bertz CT molecular complexity index is 634. The third kappa shape index (κ3) is 2.50. The Morgan fingerprint density at radius 3 is 3.15 bits per heavy atom. The van der Waals surface area contributed by atoms with Crippen LogP contribution in [0.1, 0.15) is 30.1 Å². The number of H-pyrrole nitrogens is 1. The molecule has 20 heavy (non-hydrogen) atoms. The number of aromatic amines is 1. The van der Waals surface area contributed by atoms with E-state index in [-0.39, 0.29) is 0 Å². The number of rotatable bonds is 1. The van der Waals surface area contributed by atoms with Crippen molar-refractivity contribution in [3.8, 4) is 0 Å². The van der Waals surface area contributed by atoms with Crippen LogP contribution in [0, 0.1) is 6.92 Å². The maximum atomic E-state index is 5.34. The topological polar surface area (TPSA) is 44.0 Å². The lowest BCUT2D eigenvalue weighted by molar-refractivity contribution is 0.301. The number of likely N-dealkylation sites (tertiary alicyclic amines) is 1. The molecule has 0 amide bonds. The lowest BCUT2D eigenvalue weighted by Crippen LogP contribution is -2.43. The van der Waals surface area contributed by atoms with Gasteiger partial charge >= 0.3 is 0 Å². The number of hydrogen-bond donors (Lipinski definition) is 2. The third-order valence-electron chi connectivity index (χ3n) is 3.96. The van der Waals surface area contributed by atoms with E-state index in [0.29, 0.717) is 5.92 Å². The van der Waals surface area contributed by atoms with Gasteiger partial charge in [0.05, 0.1) is 11.0 Å². The summed E-state index contributed by atoms with van der Waals surface area (Å²) in [4.78, 5) is 10.5. The summed E-state index contributed by atoms with van der Waals surface area (Å²) >= 11 is 5.34. The molecule has 106 valence electrons. The van der Waals surface area contributed by atoms with Gasteiger partial charge in [-0.1, -0.05) is 6.07 Å². The SMILES string of the molecule is CNC(=S)N1CCCC(c2nc3ccc(C)cc3[nH]2)C1. The van der Waals surface area contributed by atoms with Gasteiger partial charge in [0.15, 0.2) is 5.11 Å². The van der Waals surface area contributed by atoms with Crippen molar-refractivity contribution in [2.75, 3.05) is 20.1 Å². The molecule has 1 atom stereocenters. The summed E-state index contributed by atoms with van der Waals surface area (Å²) in [6, 6.07) is 6.35. The van der Waals surface area contributed by atoms with Gasteiger partial charge in [0.1, 0.15) is 5.82 Å². The minimum Gasteiger partial charge on any atom is -0.366 e. The molecule has 2 heterocycles. The summed E-state index contributed by atoms with van der Waals surface area (Å²) in [5.41, 5.74) is 3.45. The zero-order chi connectivity index (χ0) is 14.1. The lowest BCUT2D eigenvalue weighted by Gasteiger charge is -2.33. The number of imidazole rings is 1. The molecule has 2 N–H and O–H groups in total. The van der Waals surface area contributed by atoms with Crippen molar-refractivity contribution >= 4 is 28.4 Å². The smallest absolute Gasteiger partial charge is 0.168 e. The average molecular weight is 288 g/mol. The molecule has 0 radical (unpaired) electrons. The Morgan fingerprint density at radius 1 is 1.50 bits per heavy atom. The summed E-state index contributed by atoms with van der Waals surface area (Å²) in [7, 11) is 1.88. The first-order valence-corrected chi connectivity index (χ1v) is 7.51. The van der Waals surface area contributed by atoms with Gasteiger partial charge in [0.2, 0.25) is 0 Å². The summed E-state index contributed by atoms with van der Waals surface area (Å²) in [6.07, 6.45) is 2.32. The summed E-state index contributed by atoms with van der Waals surface area (Å²) in [5.74, 6) is 1.52. The lowest BCUT2D eigenvalue weighted by atomic mass is 9.98. The predicted octanol–water partition coefficient (Wildman–Crippen LogP) is 2.56. The molecular weight excluding hydrogens is 268 g/mol. The standard InChI is InChI=1S/C15H20N4S/c1-10-5-6-12-13(8-10)18-14(17-12)11-4-3-7-19(9-11)15(20)16-2/h5-6,8,11H,3-4,7,9H2,1-2H3,(H,16,20)(H,17,18). The van der Waals surface area contributed by atoms with Crippen molar-refractivity contribution in [2.24, 2.45) is 0 Å². The normalized spacial score (nSPS) is 19.3. The molecule has 1 unspecified atom stereocenters. The molecule has 1 aromatic heterocycles. The number of nitrogens with one attached hydrogen (secondary N) is 2. The van der Waals surface area contributed by atoms with Crippen LogP contribution in [0.25, 0.3) is 11.0 Å². The van der Waals surface area contributed by atoms with Crippen LogP contribution in [0.2, 0.25) is 0 Å². The number of fused-ring (bicyclic) bond motifs is 1. The van der Waals surface area contributed by atoms with E-state index in [1.807, 2.05) is 7.05 Å². The first-order chi connectivity index (χ1) is 9.67. The van der Waals surface area contributed by atoms with Crippen molar-refractivity contribution in [3.63, 3.8) is 0 Å². The van der Waals surface area contributed by atoms with Crippen molar-refractivity contribution < 1.29 is 0 Å². The van der Waals surface area contributed by atoms with E-state index >= 15 is 0 Å². The van der Waals surface area contributed by atoms with Crippen molar-refractivity contribution in [1.29, 1.82) is 0 Å². The first-order valence-electron chi connectivity index (χ1n) is 7.10. The molecule has 1 fully saturated rings. The van der Waals surface area contributed by atoms with Gasteiger partial charge in [-0.3, -0.25) is 0 Å². The van der Waals surface area contributed by atoms with Gasteiger partial charge in [-0.05, 0) is 49.7 Å². The van der Waals surface area contributed by atoms with E-state index in [2.05, 4.69) is 40.3 Å². The molecule has 0 aliphatic carbocycles. The maximum Gasteiger partial charge on any atom is 0.168 e. The third-order valence-corrected chi connectivity index (χ3v) is 4.43. The maximum absolute atomic E-state index is 5.34. The van der Waals surface area contributed by atoms with Crippen molar-refractivity contribution in [2.45, 2.75) is 25.7 Å². The molecule has 3 rings (SSSR count). The fourth-order valence-electron chi connectivity index (χ4n) is 2.88. The number of hydrogen-bond acceptors (Lipinski definition) is 2. The van der Waals surface area contributed by atoms with Gasteiger partial charge < -0.3 is 15.2 Å². The summed E-state index contributed by atoms with van der Waals surface area (Å²) in [6.45, 7) is 4.08. The van der Waals surface area contributed by atoms with Crippen LogP contribution in [-0.4, -0.2) is 40.1 Å². The number of nitrogens with zero attached hydrogens (tertiary/aromatic N) is 2. The van der Waals surface area contributed by atoms with E-state index in [1.165, 1.54) is 12.0 Å². The van der Waals surface area contributed by atoms with Crippen LogP contribution in [0.15, 0.2) is 18.2 Å². The summed E-state index contributed by atoms with van der Waals surface area (Å²) < 4.78 is 0. The highest BCUT2D eigenvalue weighted by Gasteiger charge is 2.24. The van der Waals surface area contributed by atoms with Gasteiger partial charge in [0.25, 0.3) is 0 Å². The highest BCUT2D eigenvalue weighted by atomic mass is 32.1. The van der Waals surface area contributed by atoms with Crippen LogP contribution in [-0.2, 0) is 0 Å². The molecule has 1 aliphatic heterocycles. The minimum absolute atomic E-state index is 0.433. The number of benzene rings is 1.